The van der Waals surface area contributed by atoms with Crippen LogP contribution in [-0.2, 0) is 23.2 Å². The summed E-state index contributed by atoms with van der Waals surface area (Å²) in [6, 6.07) is 6.63. The molecule has 0 amide bonds. The highest BCUT2D eigenvalue weighted by molar-refractivity contribution is 5.88. The smallest absolute Gasteiger partial charge is 0.105 e. The molecular formula is C18H27NO. The van der Waals surface area contributed by atoms with Crippen LogP contribution in [-0.4, -0.2) is 11.6 Å². The third-order valence-electron chi connectivity index (χ3n) is 4.38. The molecule has 1 aliphatic heterocycles. The Morgan fingerprint density at radius 1 is 1.25 bits per heavy atom. The van der Waals surface area contributed by atoms with Crippen LogP contribution in [0, 0.1) is 0 Å². The van der Waals surface area contributed by atoms with Gasteiger partial charge in [-0.15, -0.1) is 0 Å². The van der Waals surface area contributed by atoms with Gasteiger partial charge in [-0.2, -0.15) is 0 Å². The molecule has 1 N–H and O–H groups in total. The number of hydrogen-bond acceptors (Lipinski definition) is 1. The summed E-state index contributed by atoms with van der Waals surface area (Å²) in [7, 11) is 0. The van der Waals surface area contributed by atoms with E-state index in [1.165, 1.54) is 27.7 Å². The van der Waals surface area contributed by atoms with E-state index in [-0.39, 0.29) is 5.60 Å². The molecule has 2 heterocycles. The summed E-state index contributed by atoms with van der Waals surface area (Å²) in [5, 5.41) is 1.40. The molecule has 1 aromatic carbocycles. The Morgan fingerprint density at radius 2 is 2.00 bits per heavy atom. The minimum Gasteiger partial charge on any atom is -0.369 e. The van der Waals surface area contributed by atoms with Gasteiger partial charge in [0.1, 0.15) is 5.60 Å². The number of aryl methyl sites for hydroxylation is 1. The lowest BCUT2D eigenvalue weighted by molar-refractivity contribution is -0.0513. The average Bonchev–Trinajstić information content (AvgIpc) is 2.90. The first-order chi connectivity index (χ1) is 9.69. The summed E-state index contributed by atoms with van der Waals surface area (Å²) in [4.78, 5) is 3.65. The number of fused-ring (bicyclic) bond motifs is 3. The van der Waals surface area contributed by atoms with Crippen molar-refractivity contribution in [2.75, 3.05) is 6.61 Å². The molecule has 0 radical (unpaired) electrons. The van der Waals surface area contributed by atoms with E-state index in [4.69, 9.17) is 4.74 Å². The third-order valence-corrected chi connectivity index (χ3v) is 4.38. The second-order valence-electron chi connectivity index (χ2n) is 5.35. The Morgan fingerprint density at radius 3 is 2.65 bits per heavy atom. The fourth-order valence-electron chi connectivity index (χ4n) is 3.07. The zero-order valence-corrected chi connectivity index (χ0v) is 13.5. The SMILES string of the molecule is CC.CCc1cccc2c3c([nH]c12)C(C)(CC)OCC3. The van der Waals surface area contributed by atoms with Gasteiger partial charge in [-0.25, -0.2) is 0 Å². The molecule has 2 heteroatoms. The minimum atomic E-state index is -0.141. The van der Waals surface area contributed by atoms with Gasteiger partial charge in [-0.3, -0.25) is 0 Å². The maximum absolute atomic E-state index is 6.01. The second-order valence-corrected chi connectivity index (χ2v) is 5.35. The summed E-state index contributed by atoms with van der Waals surface area (Å²) in [6.07, 6.45) is 3.10. The van der Waals surface area contributed by atoms with E-state index in [0.29, 0.717) is 0 Å². The molecule has 0 saturated carbocycles. The Bertz CT molecular complexity index is 584. The third kappa shape index (κ3) is 2.26. The average molecular weight is 273 g/mol. The van der Waals surface area contributed by atoms with E-state index in [1.54, 1.807) is 0 Å². The first-order valence-corrected chi connectivity index (χ1v) is 7.96. The summed E-state index contributed by atoms with van der Waals surface area (Å²) >= 11 is 0. The Labute approximate surface area is 122 Å². The van der Waals surface area contributed by atoms with Gasteiger partial charge < -0.3 is 9.72 Å². The Balaban J connectivity index is 0.000000704. The molecule has 0 saturated heterocycles. The predicted octanol–water partition coefficient (Wildman–Crippen LogP) is 4.95. The lowest BCUT2D eigenvalue weighted by atomic mass is 9.91. The molecule has 1 unspecified atom stereocenters. The number of aromatic nitrogens is 1. The maximum Gasteiger partial charge on any atom is 0.105 e. The number of aromatic amines is 1. The van der Waals surface area contributed by atoms with Crippen molar-refractivity contribution in [2.45, 2.75) is 59.5 Å². The molecule has 1 aromatic heterocycles. The van der Waals surface area contributed by atoms with E-state index in [0.717, 1.165) is 25.9 Å². The molecule has 0 fully saturated rings. The molecule has 20 heavy (non-hydrogen) atoms. The highest BCUT2D eigenvalue weighted by Gasteiger charge is 2.34. The summed E-state index contributed by atoms with van der Waals surface area (Å²) < 4.78 is 6.01. The quantitative estimate of drug-likeness (QED) is 0.822. The zero-order chi connectivity index (χ0) is 14.8. The number of nitrogens with one attached hydrogen (secondary N) is 1. The Hall–Kier alpha value is -1.28. The first kappa shape index (κ1) is 15.1. The monoisotopic (exact) mass is 273 g/mol. The van der Waals surface area contributed by atoms with Crippen LogP contribution in [0.5, 0.6) is 0 Å². The van der Waals surface area contributed by atoms with Crippen LogP contribution in [0.2, 0.25) is 0 Å². The molecule has 2 nitrogen and oxygen atoms in total. The number of ether oxygens (including phenoxy) is 1. The van der Waals surface area contributed by atoms with Gasteiger partial charge in [0.15, 0.2) is 0 Å². The van der Waals surface area contributed by atoms with Gasteiger partial charge in [0.25, 0.3) is 0 Å². The topological polar surface area (TPSA) is 25.0 Å². The summed E-state index contributed by atoms with van der Waals surface area (Å²) in [5.41, 5.74) is 5.34. The number of rotatable bonds is 2. The van der Waals surface area contributed by atoms with Gasteiger partial charge in [0.05, 0.1) is 12.3 Å². The van der Waals surface area contributed by atoms with Gasteiger partial charge in [0.2, 0.25) is 0 Å². The van der Waals surface area contributed by atoms with Crippen LogP contribution in [0.4, 0.5) is 0 Å². The number of hydrogen-bond donors (Lipinski definition) is 1. The first-order valence-electron chi connectivity index (χ1n) is 7.96. The van der Waals surface area contributed by atoms with Crippen molar-refractivity contribution < 1.29 is 4.74 Å². The van der Waals surface area contributed by atoms with Crippen LogP contribution >= 0.6 is 0 Å². The van der Waals surface area contributed by atoms with Gasteiger partial charge in [-0.05, 0) is 37.3 Å². The van der Waals surface area contributed by atoms with Crippen molar-refractivity contribution in [3.05, 3.63) is 35.0 Å². The van der Waals surface area contributed by atoms with Crippen molar-refractivity contribution in [1.82, 2.24) is 4.98 Å². The van der Waals surface area contributed by atoms with Crippen LogP contribution in [0.25, 0.3) is 10.9 Å². The largest absolute Gasteiger partial charge is 0.369 e. The standard InChI is InChI=1S/C16H21NO.C2H6/c1-4-11-7-6-8-12-13-9-10-18-16(3,5-2)15(13)17-14(11)12;1-2/h6-8,17H,4-5,9-10H2,1-3H3;1-2H3. The van der Waals surface area contributed by atoms with Crippen LogP contribution in [0.15, 0.2) is 18.2 Å². The lowest BCUT2D eigenvalue weighted by Crippen LogP contribution is -2.31. The van der Waals surface area contributed by atoms with Gasteiger partial charge in [-0.1, -0.05) is 45.9 Å². The van der Waals surface area contributed by atoms with Gasteiger partial charge >= 0.3 is 0 Å². The van der Waals surface area contributed by atoms with Crippen LogP contribution in [0.3, 0.4) is 0 Å². The fraction of sp³-hybridized carbons (Fsp3) is 0.556. The molecule has 0 spiro atoms. The van der Waals surface area contributed by atoms with Crippen LogP contribution in [0.1, 0.15) is 57.9 Å². The second kappa shape index (κ2) is 6.01. The van der Waals surface area contributed by atoms with E-state index < -0.39 is 0 Å². The predicted molar refractivity (Wildman–Crippen MR) is 86.3 cm³/mol. The normalized spacial score (nSPS) is 21.2. The molecule has 110 valence electrons. The van der Waals surface area contributed by atoms with E-state index in [1.807, 2.05) is 13.8 Å². The summed E-state index contributed by atoms with van der Waals surface area (Å²) in [5.74, 6) is 0. The Kier molecular flexibility index (Phi) is 4.54. The van der Waals surface area contributed by atoms with Crippen molar-refractivity contribution in [1.29, 1.82) is 0 Å². The number of benzene rings is 1. The van der Waals surface area contributed by atoms with Crippen molar-refractivity contribution in [3.63, 3.8) is 0 Å². The van der Waals surface area contributed by atoms with E-state index in [2.05, 4.69) is 44.0 Å². The molecule has 0 aliphatic carbocycles. The molecule has 2 aromatic rings. The number of H-pyrrole nitrogens is 1. The molecule has 1 atom stereocenters. The van der Waals surface area contributed by atoms with Crippen molar-refractivity contribution in [2.24, 2.45) is 0 Å². The zero-order valence-electron chi connectivity index (χ0n) is 13.5. The molecule has 0 bridgehead atoms. The van der Waals surface area contributed by atoms with E-state index in [9.17, 15) is 0 Å². The number of para-hydroxylation sites is 1. The van der Waals surface area contributed by atoms with Crippen molar-refractivity contribution >= 4 is 10.9 Å². The summed E-state index contributed by atoms with van der Waals surface area (Å²) in [6.45, 7) is 11.4. The maximum atomic E-state index is 6.01. The fourth-order valence-corrected chi connectivity index (χ4v) is 3.07. The van der Waals surface area contributed by atoms with Crippen molar-refractivity contribution in [3.8, 4) is 0 Å². The molecule has 1 aliphatic rings. The van der Waals surface area contributed by atoms with E-state index >= 15 is 0 Å². The van der Waals surface area contributed by atoms with Gasteiger partial charge in [0, 0.05) is 10.9 Å². The highest BCUT2D eigenvalue weighted by Crippen LogP contribution is 2.39. The molecular weight excluding hydrogens is 246 g/mol. The molecule has 3 rings (SSSR count). The minimum absolute atomic E-state index is 0.141. The lowest BCUT2D eigenvalue weighted by Gasteiger charge is -2.33. The van der Waals surface area contributed by atoms with Crippen LogP contribution < -0.4 is 0 Å². The highest BCUT2D eigenvalue weighted by atomic mass is 16.5.